The first-order valence-electron chi connectivity index (χ1n) is 8.75. The predicted molar refractivity (Wildman–Crippen MR) is 94.5 cm³/mol. The molecule has 0 spiro atoms. The number of nitrogens with zero attached hydrogens (tertiary/aromatic N) is 1. The van der Waals surface area contributed by atoms with Crippen molar-refractivity contribution in [1.29, 1.82) is 0 Å². The van der Waals surface area contributed by atoms with Gasteiger partial charge in [-0.3, -0.25) is 0 Å². The van der Waals surface area contributed by atoms with Crippen LogP contribution in [0.5, 0.6) is 0 Å². The second kappa shape index (κ2) is 5.86. The van der Waals surface area contributed by atoms with E-state index in [1.54, 1.807) is 6.92 Å². The zero-order chi connectivity index (χ0) is 16.9. The topological polar surface area (TPSA) is 71.3 Å². The highest BCUT2D eigenvalue weighted by Crippen LogP contribution is 2.47. The number of rotatable bonds is 5. The van der Waals surface area contributed by atoms with Crippen molar-refractivity contribution in [1.82, 2.24) is 9.29 Å². The SMILES string of the molecule is CCS(=O)(=O)n1c2c(c3ccccc31)C(C(CO)C1CC1)CNC2. The van der Waals surface area contributed by atoms with E-state index in [0.717, 1.165) is 28.7 Å². The molecule has 130 valence electrons. The average molecular weight is 348 g/mol. The zero-order valence-corrected chi connectivity index (χ0v) is 14.7. The van der Waals surface area contributed by atoms with Gasteiger partial charge in [0.05, 0.1) is 17.0 Å². The molecule has 1 aromatic heterocycles. The maximum Gasteiger partial charge on any atom is 0.239 e. The van der Waals surface area contributed by atoms with E-state index in [2.05, 4.69) is 5.32 Å². The molecule has 2 unspecified atom stereocenters. The van der Waals surface area contributed by atoms with Crippen molar-refractivity contribution in [2.75, 3.05) is 18.9 Å². The normalized spacial score (nSPS) is 22.5. The van der Waals surface area contributed by atoms with Crippen molar-refractivity contribution in [3.63, 3.8) is 0 Å². The maximum absolute atomic E-state index is 12.7. The molecule has 1 aliphatic carbocycles. The summed E-state index contributed by atoms with van der Waals surface area (Å²) in [5, 5.41) is 14.4. The Bertz CT molecular complexity index is 868. The van der Waals surface area contributed by atoms with E-state index < -0.39 is 10.0 Å². The summed E-state index contributed by atoms with van der Waals surface area (Å²) in [7, 11) is -3.37. The quantitative estimate of drug-likeness (QED) is 0.867. The van der Waals surface area contributed by atoms with Crippen LogP contribution in [0, 0.1) is 11.8 Å². The van der Waals surface area contributed by atoms with Gasteiger partial charge in [0, 0.05) is 31.0 Å². The highest BCUT2D eigenvalue weighted by atomic mass is 32.2. The summed E-state index contributed by atoms with van der Waals surface area (Å²) in [6.45, 7) is 3.21. The smallest absolute Gasteiger partial charge is 0.239 e. The molecular weight excluding hydrogens is 324 g/mol. The van der Waals surface area contributed by atoms with E-state index in [1.807, 2.05) is 24.3 Å². The Hall–Kier alpha value is -1.37. The van der Waals surface area contributed by atoms with Gasteiger partial charge in [-0.05, 0) is 43.2 Å². The zero-order valence-electron chi connectivity index (χ0n) is 13.9. The lowest BCUT2D eigenvalue weighted by molar-refractivity contribution is 0.180. The Morgan fingerprint density at radius 3 is 2.75 bits per heavy atom. The average Bonchev–Trinajstić information content (AvgIpc) is 3.36. The molecule has 4 rings (SSSR count). The Balaban J connectivity index is 1.98. The molecule has 6 heteroatoms. The molecule has 1 aromatic carbocycles. The predicted octanol–water partition coefficient (Wildman–Crippen LogP) is 2.04. The largest absolute Gasteiger partial charge is 0.396 e. The van der Waals surface area contributed by atoms with Crippen molar-refractivity contribution in [2.45, 2.75) is 32.2 Å². The summed E-state index contributed by atoms with van der Waals surface area (Å²) < 4.78 is 27.0. The number of aromatic nitrogens is 1. The first kappa shape index (κ1) is 16.1. The molecule has 1 aliphatic heterocycles. The van der Waals surface area contributed by atoms with Gasteiger partial charge in [-0.15, -0.1) is 0 Å². The molecule has 2 aliphatic rings. The van der Waals surface area contributed by atoms with Crippen molar-refractivity contribution >= 4 is 20.9 Å². The van der Waals surface area contributed by atoms with E-state index >= 15 is 0 Å². The molecule has 2 N–H and O–H groups in total. The van der Waals surface area contributed by atoms with Crippen LogP contribution in [0.25, 0.3) is 10.9 Å². The summed E-state index contributed by atoms with van der Waals surface area (Å²) in [4.78, 5) is 0. The van der Waals surface area contributed by atoms with Crippen LogP contribution >= 0.6 is 0 Å². The number of aliphatic hydroxyl groups is 1. The molecule has 2 heterocycles. The first-order valence-corrected chi connectivity index (χ1v) is 10.4. The Kier molecular flexibility index (Phi) is 3.94. The summed E-state index contributed by atoms with van der Waals surface area (Å²) in [6.07, 6.45) is 2.34. The molecule has 1 fully saturated rings. The molecule has 0 amide bonds. The minimum absolute atomic E-state index is 0.0782. The van der Waals surface area contributed by atoms with Crippen LogP contribution in [0.1, 0.15) is 36.9 Å². The fourth-order valence-electron chi connectivity index (χ4n) is 4.26. The van der Waals surface area contributed by atoms with Crippen LogP contribution in [0.3, 0.4) is 0 Å². The third kappa shape index (κ3) is 2.39. The number of hydrogen-bond acceptors (Lipinski definition) is 4. The lowest BCUT2D eigenvalue weighted by Gasteiger charge is -2.31. The summed E-state index contributed by atoms with van der Waals surface area (Å²) in [5.74, 6) is 1.02. The van der Waals surface area contributed by atoms with Crippen molar-refractivity contribution in [2.24, 2.45) is 11.8 Å². The van der Waals surface area contributed by atoms with Gasteiger partial charge in [-0.1, -0.05) is 18.2 Å². The van der Waals surface area contributed by atoms with Gasteiger partial charge in [0.15, 0.2) is 0 Å². The van der Waals surface area contributed by atoms with Crippen LogP contribution in [0.4, 0.5) is 0 Å². The Labute approximate surface area is 142 Å². The number of para-hydroxylation sites is 1. The standard InChI is InChI=1S/C18H24N2O3S/c1-2-24(22,23)20-16-6-4-3-5-13(16)18-14(9-19-10-17(18)20)15(11-21)12-7-8-12/h3-6,12,14-15,19,21H,2,7-11H2,1H3. The number of benzene rings is 1. The minimum Gasteiger partial charge on any atom is -0.396 e. The van der Waals surface area contributed by atoms with Gasteiger partial charge in [-0.25, -0.2) is 12.4 Å². The minimum atomic E-state index is -3.37. The summed E-state index contributed by atoms with van der Waals surface area (Å²) in [6, 6.07) is 7.77. The molecule has 2 aromatic rings. The summed E-state index contributed by atoms with van der Waals surface area (Å²) in [5.41, 5.74) is 2.76. The fourth-order valence-corrected chi connectivity index (χ4v) is 5.47. The lowest BCUT2D eigenvalue weighted by Crippen LogP contribution is -2.36. The van der Waals surface area contributed by atoms with Gasteiger partial charge in [0.1, 0.15) is 0 Å². The Morgan fingerprint density at radius 1 is 1.33 bits per heavy atom. The number of aliphatic hydroxyl groups excluding tert-OH is 1. The van der Waals surface area contributed by atoms with Gasteiger partial charge in [0.25, 0.3) is 0 Å². The van der Waals surface area contributed by atoms with Crippen LogP contribution in [-0.2, 0) is 16.6 Å². The van der Waals surface area contributed by atoms with Gasteiger partial charge in [-0.2, -0.15) is 0 Å². The molecule has 2 atom stereocenters. The molecule has 0 saturated heterocycles. The van der Waals surface area contributed by atoms with Gasteiger partial charge < -0.3 is 10.4 Å². The fraction of sp³-hybridized carbons (Fsp3) is 0.556. The highest BCUT2D eigenvalue weighted by molar-refractivity contribution is 7.90. The van der Waals surface area contributed by atoms with Crippen LogP contribution in [0.15, 0.2) is 24.3 Å². The molecule has 1 saturated carbocycles. The Morgan fingerprint density at radius 2 is 2.08 bits per heavy atom. The van der Waals surface area contributed by atoms with Gasteiger partial charge >= 0.3 is 0 Å². The second-order valence-electron chi connectivity index (χ2n) is 6.96. The third-order valence-electron chi connectivity index (χ3n) is 5.59. The molecule has 0 radical (unpaired) electrons. The first-order chi connectivity index (χ1) is 11.6. The van der Waals surface area contributed by atoms with Crippen LogP contribution < -0.4 is 5.32 Å². The van der Waals surface area contributed by atoms with Crippen LogP contribution in [-0.4, -0.2) is 36.4 Å². The van der Waals surface area contributed by atoms with Gasteiger partial charge in [0.2, 0.25) is 10.0 Å². The molecular formula is C18H24N2O3S. The number of nitrogens with one attached hydrogen (secondary N) is 1. The molecule has 5 nitrogen and oxygen atoms in total. The van der Waals surface area contributed by atoms with Crippen molar-refractivity contribution < 1.29 is 13.5 Å². The molecule has 0 bridgehead atoms. The van der Waals surface area contributed by atoms with E-state index in [0.29, 0.717) is 12.5 Å². The maximum atomic E-state index is 12.7. The lowest BCUT2D eigenvalue weighted by atomic mass is 9.80. The van der Waals surface area contributed by atoms with E-state index in [9.17, 15) is 13.5 Å². The van der Waals surface area contributed by atoms with E-state index in [-0.39, 0.29) is 24.2 Å². The monoisotopic (exact) mass is 348 g/mol. The highest BCUT2D eigenvalue weighted by Gasteiger charge is 2.41. The van der Waals surface area contributed by atoms with E-state index in [4.69, 9.17) is 0 Å². The van der Waals surface area contributed by atoms with Crippen molar-refractivity contribution in [3.8, 4) is 0 Å². The van der Waals surface area contributed by atoms with Crippen molar-refractivity contribution in [3.05, 3.63) is 35.5 Å². The second-order valence-corrected chi connectivity index (χ2v) is 9.07. The van der Waals surface area contributed by atoms with E-state index in [1.165, 1.54) is 16.8 Å². The number of hydrogen-bond donors (Lipinski definition) is 2. The summed E-state index contributed by atoms with van der Waals surface area (Å²) >= 11 is 0. The third-order valence-corrected chi connectivity index (χ3v) is 7.30. The van der Waals surface area contributed by atoms with Crippen LogP contribution in [0.2, 0.25) is 0 Å². The molecule has 24 heavy (non-hydrogen) atoms. The number of fused-ring (bicyclic) bond motifs is 3.